The van der Waals surface area contributed by atoms with E-state index in [4.69, 9.17) is 0 Å². The number of carbonyl (C=O) groups excluding carboxylic acids is 1. The fourth-order valence-corrected chi connectivity index (χ4v) is 3.92. The van der Waals surface area contributed by atoms with Crippen LogP contribution in [0.5, 0.6) is 0 Å². The van der Waals surface area contributed by atoms with Crippen molar-refractivity contribution in [1.29, 1.82) is 0 Å². The summed E-state index contributed by atoms with van der Waals surface area (Å²) in [6.45, 7) is 4.02. The third kappa shape index (κ3) is 4.26. The summed E-state index contributed by atoms with van der Waals surface area (Å²) < 4.78 is 43.7. The summed E-state index contributed by atoms with van der Waals surface area (Å²) in [5, 5.41) is 0. The minimum absolute atomic E-state index is 0.225. The molecule has 4 nitrogen and oxygen atoms in total. The van der Waals surface area contributed by atoms with E-state index in [2.05, 4.69) is 4.98 Å². The molecule has 1 atom stereocenters. The van der Waals surface area contributed by atoms with Crippen LogP contribution in [-0.2, 0) is 4.79 Å². The molecule has 4 rings (SSSR count). The van der Waals surface area contributed by atoms with E-state index in [0.717, 1.165) is 11.8 Å². The van der Waals surface area contributed by atoms with Crippen LogP contribution in [0.2, 0.25) is 0 Å². The molecule has 0 spiro atoms. The number of piperidine rings is 1. The number of carbonyl (C=O) groups is 1. The lowest BCUT2D eigenvalue weighted by atomic mass is 9.97. The molecular weight excluding hydrogens is 403 g/mol. The Morgan fingerprint density at radius 1 is 1.10 bits per heavy atom. The lowest BCUT2D eigenvalue weighted by Crippen LogP contribution is -2.39. The van der Waals surface area contributed by atoms with Crippen LogP contribution in [0.3, 0.4) is 0 Å². The van der Waals surface area contributed by atoms with Gasteiger partial charge in [-0.15, -0.1) is 0 Å². The first-order valence-electron chi connectivity index (χ1n) is 10.1. The standard InChI is InChI=1S/C24H22F3N3O/c1-15-13-29(14-28-15)23-8-5-17(11-22(23)27)10-18-4-3-9-30(24(18)31)16(2)20-7-6-19(25)12-21(20)26/h5-8,10-14,16H,3-4,9H2,1-2H3/b18-10+/t16-/m1/s1. The van der Waals surface area contributed by atoms with E-state index in [9.17, 15) is 18.0 Å². The number of imidazole rings is 1. The van der Waals surface area contributed by atoms with Gasteiger partial charge in [0.1, 0.15) is 17.5 Å². The van der Waals surface area contributed by atoms with Crippen molar-refractivity contribution >= 4 is 12.0 Å². The third-order valence-corrected chi connectivity index (χ3v) is 5.56. The Balaban J connectivity index is 1.58. The van der Waals surface area contributed by atoms with Crippen molar-refractivity contribution in [2.24, 2.45) is 0 Å². The molecule has 1 saturated heterocycles. The van der Waals surface area contributed by atoms with Crippen LogP contribution in [-0.4, -0.2) is 26.9 Å². The average molecular weight is 425 g/mol. The molecule has 0 radical (unpaired) electrons. The number of likely N-dealkylation sites (tertiary alicyclic amines) is 1. The zero-order valence-electron chi connectivity index (χ0n) is 17.3. The van der Waals surface area contributed by atoms with Gasteiger partial charge in [0.05, 0.1) is 23.8 Å². The Morgan fingerprint density at radius 3 is 2.58 bits per heavy atom. The number of hydrogen-bond acceptors (Lipinski definition) is 2. The van der Waals surface area contributed by atoms with E-state index in [0.29, 0.717) is 36.2 Å². The number of halogens is 3. The fraction of sp³-hybridized carbons (Fsp3) is 0.250. The van der Waals surface area contributed by atoms with Crippen LogP contribution in [0.25, 0.3) is 11.8 Å². The highest BCUT2D eigenvalue weighted by Gasteiger charge is 2.29. The van der Waals surface area contributed by atoms with E-state index < -0.39 is 23.5 Å². The first-order valence-corrected chi connectivity index (χ1v) is 10.1. The van der Waals surface area contributed by atoms with Crippen LogP contribution in [0.4, 0.5) is 13.2 Å². The van der Waals surface area contributed by atoms with Crippen molar-refractivity contribution in [3.8, 4) is 5.69 Å². The normalized spacial score (nSPS) is 16.7. The van der Waals surface area contributed by atoms with Gasteiger partial charge in [-0.25, -0.2) is 18.2 Å². The second-order valence-corrected chi connectivity index (χ2v) is 7.75. The first-order chi connectivity index (χ1) is 14.8. The van der Waals surface area contributed by atoms with Gasteiger partial charge in [-0.3, -0.25) is 4.79 Å². The molecule has 0 N–H and O–H groups in total. The highest BCUT2D eigenvalue weighted by Crippen LogP contribution is 2.30. The SMILES string of the molecule is Cc1cn(-c2ccc(/C=C3\CCCN([C@H](C)c4ccc(F)cc4F)C3=O)cc2F)cn1. The number of rotatable bonds is 4. The highest BCUT2D eigenvalue weighted by atomic mass is 19.1. The molecule has 1 aromatic heterocycles. The maximum absolute atomic E-state index is 14.7. The monoisotopic (exact) mass is 425 g/mol. The zero-order chi connectivity index (χ0) is 22.1. The van der Waals surface area contributed by atoms with Crippen molar-refractivity contribution in [1.82, 2.24) is 14.5 Å². The molecule has 31 heavy (non-hydrogen) atoms. The molecule has 2 aromatic carbocycles. The van der Waals surface area contributed by atoms with Gasteiger partial charge in [0, 0.05) is 29.9 Å². The molecule has 1 aliphatic rings. The van der Waals surface area contributed by atoms with Crippen LogP contribution in [0.15, 0.2) is 54.5 Å². The topological polar surface area (TPSA) is 38.1 Å². The molecule has 1 fully saturated rings. The Bertz CT molecular complexity index is 1170. The smallest absolute Gasteiger partial charge is 0.250 e. The largest absolute Gasteiger partial charge is 0.332 e. The van der Waals surface area contributed by atoms with Gasteiger partial charge in [-0.1, -0.05) is 12.1 Å². The van der Waals surface area contributed by atoms with E-state index in [-0.39, 0.29) is 11.5 Å². The molecule has 1 aliphatic heterocycles. The lowest BCUT2D eigenvalue weighted by Gasteiger charge is -2.34. The molecule has 1 amide bonds. The minimum Gasteiger partial charge on any atom is -0.332 e. The Hall–Kier alpha value is -3.35. The van der Waals surface area contributed by atoms with Gasteiger partial charge in [-0.2, -0.15) is 0 Å². The van der Waals surface area contributed by atoms with Gasteiger partial charge < -0.3 is 9.47 Å². The number of aryl methyl sites for hydroxylation is 1. The molecule has 0 unspecified atom stereocenters. The first kappa shape index (κ1) is 20.9. The van der Waals surface area contributed by atoms with Crippen molar-refractivity contribution in [3.63, 3.8) is 0 Å². The number of benzene rings is 2. The molecule has 160 valence electrons. The van der Waals surface area contributed by atoms with E-state index in [1.165, 1.54) is 18.2 Å². The Labute approximate surface area is 178 Å². The van der Waals surface area contributed by atoms with Crippen molar-refractivity contribution in [3.05, 3.63) is 88.8 Å². The number of aromatic nitrogens is 2. The molecule has 0 saturated carbocycles. The van der Waals surface area contributed by atoms with Gasteiger partial charge in [0.25, 0.3) is 0 Å². The van der Waals surface area contributed by atoms with Crippen LogP contribution < -0.4 is 0 Å². The van der Waals surface area contributed by atoms with E-state index >= 15 is 0 Å². The maximum atomic E-state index is 14.7. The number of nitrogens with zero attached hydrogens (tertiary/aromatic N) is 3. The predicted molar refractivity (Wildman–Crippen MR) is 112 cm³/mol. The molecule has 7 heteroatoms. The van der Waals surface area contributed by atoms with E-state index in [1.807, 2.05) is 6.92 Å². The highest BCUT2D eigenvalue weighted by molar-refractivity contribution is 5.98. The summed E-state index contributed by atoms with van der Waals surface area (Å²) in [5.41, 5.74) is 2.53. The fourth-order valence-electron chi connectivity index (χ4n) is 3.92. The maximum Gasteiger partial charge on any atom is 0.250 e. The third-order valence-electron chi connectivity index (χ3n) is 5.56. The predicted octanol–water partition coefficient (Wildman–Crippen LogP) is 5.37. The Kier molecular flexibility index (Phi) is 5.67. The van der Waals surface area contributed by atoms with Crippen molar-refractivity contribution in [2.45, 2.75) is 32.7 Å². The van der Waals surface area contributed by atoms with Crippen molar-refractivity contribution in [2.75, 3.05) is 6.54 Å². The van der Waals surface area contributed by atoms with Crippen LogP contribution in [0.1, 0.15) is 42.6 Å². The molecule has 3 aromatic rings. The number of hydrogen-bond donors (Lipinski definition) is 0. The van der Waals surface area contributed by atoms with Crippen molar-refractivity contribution < 1.29 is 18.0 Å². The quantitative estimate of drug-likeness (QED) is 0.528. The van der Waals surface area contributed by atoms with Gasteiger partial charge in [0.2, 0.25) is 5.91 Å². The van der Waals surface area contributed by atoms with Gasteiger partial charge >= 0.3 is 0 Å². The molecular formula is C24H22F3N3O. The second-order valence-electron chi connectivity index (χ2n) is 7.75. The zero-order valence-corrected chi connectivity index (χ0v) is 17.3. The summed E-state index contributed by atoms with van der Waals surface area (Å²) in [7, 11) is 0. The lowest BCUT2D eigenvalue weighted by molar-refractivity contribution is -0.130. The van der Waals surface area contributed by atoms with Crippen LogP contribution >= 0.6 is 0 Å². The van der Waals surface area contributed by atoms with E-state index in [1.54, 1.807) is 47.1 Å². The molecule has 2 heterocycles. The Morgan fingerprint density at radius 2 is 1.90 bits per heavy atom. The average Bonchev–Trinajstić information content (AvgIpc) is 3.15. The second kappa shape index (κ2) is 8.41. The van der Waals surface area contributed by atoms with Gasteiger partial charge in [0.15, 0.2) is 0 Å². The number of amides is 1. The van der Waals surface area contributed by atoms with Gasteiger partial charge in [-0.05, 0) is 56.5 Å². The summed E-state index contributed by atoms with van der Waals surface area (Å²) in [6.07, 6.45) is 6.21. The minimum atomic E-state index is -0.677. The van der Waals surface area contributed by atoms with Crippen LogP contribution in [0, 0.1) is 24.4 Å². The summed E-state index contributed by atoms with van der Waals surface area (Å²) in [5.74, 6) is -1.98. The summed E-state index contributed by atoms with van der Waals surface area (Å²) in [4.78, 5) is 18.7. The summed E-state index contributed by atoms with van der Waals surface area (Å²) in [6, 6.07) is 7.61. The summed E-state index contributed by atoms with van der Waals surface area (Å²) >= 11 is 0. The molecule has 0 aliphatic carbocycles. The molecule has 0 bridgehead atoms.